The zero-order valence-corrected chi connectivity index (χ0v) is 17.3. The average Bonchev–Trinajstić information content (AvgIpc) is 3.09. The Kier molecular flexibility index (Phi) is 4.57. The van der Waals surface area contributed by atoms with Crippen LogP contribution in [0, 0.1) is 17.3 Å². The highest BCUT2D eigenvalue weighted by atomic mass is 16.5. The smallest absolute Gasteiger partial charge is 0.120 e. The van der Waals surface area contributed by atoms with Crippen LogP contribution < -0.4 is 4.74 Å². The molecule has 3 aliphatic rings. The number of allylic oxidation sites excluding steroid dienone is 2. The summed E-state index contributed by atoms with van der Waals surface area (Å²) in [7, 11) is 0. The number of hydrogen-bond donors (Lipinski definition) is 0. The van der Waals surface area contributed by atoms with E-state index >= 15 is 0 Å². The molecule has 0 aromatic heterocycles. The van der Waals surface area contributed by atoms with E-state index in [9.17, 15) is 0 Å². The molecule has 0 spiro atoms. The van der Waals surface area contributed by atoms with E-state index in [2.05, 4.69) is 68.5 Å². The van der Waals surface area contributed by atoms with Gasteiger partial charge >= 0.3 is 0 Å². The maximum absolute atomic E-state index is 6.10. The molecule has 1 heteroatoms. The average molecular weight is 373 g/mol. The third-order valence-electron chi connectivity index (χ3n) is 8.14. The van der Waals surface area contributed by atoms with Gasteiger partial charge in [-0.15, -0.1) is 0 Å². The Hall–Kier alpha value is -2.02. The largest absolute Gasteiger partial charge is 0.489 e. The van der Waals surface area contributed by atoms with Gasteiger partial charge in [-0.3, -0.25) is 0 Å². The van der Waals surface area contributed by atoms with Gasteiger partial charge in [-0.2, -0.15) is 0 Å². The standard InChI is InChI=1S/C27H32O/c1-3-21-10-14-26-25-12-9-20-17-22(28-18-19-7-5-4-6-8-19)11-13-23(20)24(25)15-16-27(21,26)2/h3-8,11,13,17,24-26H,9-10,12,14-16,18H2,1-2H3/t24-,25-,26+,27-/m1/s1. The second-order valence-electron chi connectivity index (χ2n) is 9.36. The van der Waals surface area contributed by atoms with Gasteiger partial charge in [0.15, 0.2) is 0 Å². The van der Waals surface area contributed by atoms with Gasteiger partial charge in [-0.1, -0.05) is 55.0 Å². The zero-order chi connectivity index (χ0) is 19.1. The third kappa shape index (κ3) is 2.91. The van der Waals surface area contributed by atoms with Crippen molar-refractivity contribution in [2.24, 2.45) is 17.3 Å². The van der Waals surface area contributed by atoms with Gasteiger partial charge in [0.2, 0.25) is 0 Å². The summed E-state index contributed by atoms with van der Waals surface area (Å²) in [6, 6.07) is 17.4. The van der Waals surface area contributed by atoms with Crippen LogP contribution in [0.2, 0.25) is 0 Å². The predicted octanol–water partition coefficient (Wildman–Crippen LogP) is 7.07. The fraction of sp³-hybridized carbons (Fsp3) is 0.481. The van der Waals surface area contributed by atoms with Crippen molar-refractivity contribution in [1.82, 2.24) is 0 Å². The number of ether oxygens (including phenoxy) is 1. The second kappa shape index (κ2) is 7.10. The molecular weight excluding hydrogens is 340 g/mol. The minimum atomic E-state index is 0.478. The van der Waals surface area contributed by atoms with Crippen LogP contribution in [0.3, 0.4) is 0 Å². The second-order valence-corrected chi connectivity index (χ2v) is 9.36. The first kappa shape index (κ1) is 18.0. The van der Waals surface area contributed by atoms with Crippen LogP contribution >= 0.6 is 0 Å². The quantitative estimate of drug-likeness (QED) is 0.524. The Morgan fingerprint density at radius 3 is 2.71 bits per heavy atom. The molecule has 2 aromatic carbocycles. The van der Waals surface area contributed by atoms with Crippen LogP contribution in [-0.2, 0) is 13.0 Å². The number of fused-ring (bicyclic) bond motifs is 5. The molecule has 0 saturated heterocycles. The Balaban J connectivity index is 1.35. The first-order valence-corrected chi connectivity index (χ1v) is 11.1. The molecule has 0 heterocycles. The number of rotatable bonds is 3. The summed E-state index contributed by atoms with van der Waals surface area (Å²) >= 11 is 0. The van der Waals surface area contributed by atoms with Crippen LogP contribution in [-0.4, -0.2) is 0 Å². The highest BCUT2D eigenvalue weighted by molar-refractivity contribution is 5.41. The number of hydrogen-bond acceptors (Lipinski definition) is 1. The Labute approximate surface area is 169 Å². The topological polar surface area (TPSA) is 9.23 Å². The Bertz CT molecular complexity index is 880. The van der Waals surface area contributed by atoms with Gasteiger partial charge < -0.3 is 4.74 Å². The maximum atomic E-state index is 6.10. The van der Waals surface area contributed by atoms with Crippen LogP contribution in [0.1, 0.15) is 68.6 Å². The predicted molar refractivity (Wildman–Crippen MR) is 116 cm³/mol. The summed E-state index contributed by atoms with van der Waals surface area (Å²) in [5, 5.41) is 0. The molecule has 5 rings (SSSR count). The molecule has 28 heavy (non-hydrogen) atoms. The fourth-order valence-electron chi connectivity index (χ4n) is 6.71. The van der Waals surface area contributed by atoms with Gasteiger partial charge in [0, 0.05) is 0 Å². The van der Waals surface area contributed by atoms with Gasteiger partial charge in [0.1, 0.15) is 12.4 Å². The third-order valence-corrected chi connectivity index (χ3v) is 8.14. The summed E-state index contributed by atoms with van der Waals surface area (Å²) in [5.41, 5.74) is 6.62. The van der Waals surface area contributed by atoms with E-state index in [-0.39, 0.29) is 0 Å². The van der Waals surface area contributed by atoms with E-state index in [1.165, 1.54) is 44.1 Å². The van der Waals surface area contributed by atoms with E-state index in [4.69, 9.17) is 4.74 Å². The van der Waals surface area contributed by atoms with Crippen molar-refractivity contribution < 1.29 is 4.74 Å². The summed E-state index contributed by atoms with van der Waals surface area (Å²) in [5.74, 6) is 3.55. The molecule has 0 amide bonds. The van der Waals surface area contributed by atoms with E-state index in [1.54, 1.807) is 16.7 Å². The first-order chi connectivity index (χ1) is 13.7. The van der Waals surface area contributed by atoms with Crippen LogP contribution in [0.25, 0.3) is 0 Å². The first-order valence-electron chi connectivity index (χ1n) is 11.1. The molecule has 146 valence electrons. The van der Waals surface area contributed by atoms with Crippen molar-refractivity contribution in [3.63, 3.8) is 0 Å². The highest BCUT2D eigenvalue weighted by Gasteiger charge is 2.52. The minimum absolute atomic E-state index is 0.478. The summed E-state index contributed by atoms with van der Waals surface area (Å²) in [6.07, 6.45) is 10.5. The molecule has 3 aliphatic carbocycles. The van der Waals surface area contributed by atoms with Crippen LogP contribution in [0.15, 0.2) is 60.2 Å². The van der Waals surface area contributed by atoms with Crippen molar-refractivity contribution in [2.45, 2.75) is 64.9 Å². The Morgan fingerprint density at radius 2 is 1.89 bits per heavy atom. The number of aryl methyl sites for hydroxylation is 1. The van der Waals surface area contributed by atoms with Crippen molar-refractivity contribution in [2.75, 3.05) is 0 Å². The maximum Gasteiger partial charge on any atom is 0.120 e. The lowest BCUT2D eigenvalue weighted by atomic mass is 9.55. The van der Waals surface area contributed by atoms with Crippen LogP contribution in [0.4, 0.5) is 0 Å². The lowest BCUT2D eigenvalue weighted by Crippen LogP contribution is -2.40. The highest BCUT2D eigenvalue weighted by Crippen LogP contribution is 2.62. The molecule has 0 unspecified atom stereocenters. The molecule has 4 atom stereocenters. The molecule has 0 N–H and O–H groups in total. The van der Waals surface area contributed by atoms with E-state index < -0.39 is 0 Å². The fourth-order valence-corrected chi connectivity index (χ4v) is 6.71. The summed E-state index contributed by atoms with van der Waals surface area (Å²) in [6.45, 7) is 5.46. The van der Waals surface area contributed by atoms with Crippen molar-refractivity contribution in [3.8, 4) is 5.75 Å². The number of benzene rings is 2. The van der Waals surface area contributed by atoms with Gasteiger partial charge in [-0.05, 0) is 97.4 Å². The molecule has 0 radical (unpaired) electrons. The minimum Gasteiger partial charge on any atom is -0.489 e. The molecule has 2 aromatic rings. The van der Waals surface area contributed by atoms with E-state index in [0.29, 0.717) is 12.0 Å². The molecule has 0 aliphatic heterocycles. The molecule has 0 bridgehead atoms. The SMILES string of the molecule is CC=C1CC[C@H]2[C@@H]3CCc4cc(OCc5ccccc5)ccc4[C@H]3CC[C@]12C. The summed E-state index contributed by atoms with van der Waals surface area (Å²) < 4.78 is 6.10. The Morgan fingerprint density at radius 1 is 1.04 bits per heavy atom. The lowest BCUT2D eigenvalue weighted by molar-refractivity contribution is 0.0813. The zero-order valence-electron chi connectivity index (χ0n) is 17.3. The lowest BCUT2D eigenvalue weighted by Gasteiger charge is -2.49. The molecule has 2 saturated carbocycles. The molecule has 2 fully saturated rings. The van der Waals surface area contributed by atoms with Crippen molar-refractivity contribution in [1.29, 1.82) is 0 Å². The monoisotopic (exact) mass is 372 g/mol. The van der Waals surface area contributed by atoms with Gasteiger partial charge in [0.05, 0.1) is 0 Å². The van der Waals surface area contributed by atoms with E-state index in [0.717, 1.165) is 23.5 Å². The van der Waals surface area contributed by atoms with Crippen molar-refractivity contribution >= 4 is 0 Å². The van der Waals surface area contributed by atoms with Gasteiger partial charge in [-0.25, -0.2) is 0 Å². The summed E-state index contributed by atoms with van der Waals surface area (Å²) in [4.78, 5) is 0. The van der Waals surface area contributed by atoms with Gasteiger partial charge in [0.25, 0.3) is 0 Å². The normalized spacial score (nSPS) is 32.5. The van der Waals surface area contributed by atoms with Crippen molar-refractivity contribution in [3.05, 3.63) is 76.9 Å². The molecule has 1 nitrogen and oxygen atoms in total. The van der Waals surface area contributed by atoms with Crippen LogP contribution in [0.5, 0.6) is 5.75 Å². The molecular formula is C27H32O. The van der Waals surface area contributed by atoms with E-state index in [1.807, 2.05) is 0 Å².